The number of rotatable bonds is 6. The van der Waals surface area contributed by atoms with Gasteiger partial charge in [0.15, 0.2) is 0 Å². The highest BCUT2D eigenvalue weighted by atomic mass is 32.1. The molecule has 1 aromatic carbocycles. The number of carbonyl (C=O) groups is 2. The van der Waals surface area contributed by atoms with Crippen LogP contribution >= 0.6 is 22.7 Å². The molecule has 10 heteroatoms. The molecule has 0 saturated carbocycles. The van der Waals surface area contributed by atoms with E-state index in [0.29, 0.717) is 16.0 Å². The number of aryl methyl sites for hydroxylation is 1. The number of amides is 2. The predicted molar refractivity (Wildman–Crippen MR) is 111 cm³/mol. The van der Waals surface area contributed by atoms with E-state index in [1.165, 1.54) is 34.8 Å². The summed E-state index contributed by atoms with van der Waals surface area (Å²) in [5, 5.41) is 32.4. The van der Waals surface area contributed by atoms with E-state index in [2.05, 4.69) is 10.6 Å². The Morgan fingerprint density at radius 3 is 2.62 bits per heavy atom. The lowest BCUT2D eigenvalue weighted by molar-refractivity contribution is -0.384. The minimum absolute atomic E-state index is 0.0768. The highest BCUT2D eigenvalue weighted by Crippen LogP contribution is 2.33. The molecule has 0 aliphatic heterocycles. The molecule has 3 rings (SSSR count). The lowest BCUT2D eigenvalue weighted by atomic mass is 9.94. The molecule has 0 aliphatic carbocycles. The Morgan fingerprint density at radius 1 is 1.21 bits per heavy atom. The molecule has 3 N–H and O–H groups in total. The molecule has 0 bridgehead atoms. The van der Waals surface area contributed by atoms with E-state index >= 15 is 0 Å². The molecule has 0 fully saturated rings. The van der Waals surface area contributed by atoms with Crippen molar-refractivity contribution in [1.82, 2.24) is 5.32 Å². The Kier molecular flexibility index (Phi) is 6.06. The van der Waals surface area contributed by atoms with Crippen LogP contribution in [-0.4, -0.2) is 28.4 Å². The lowest BCUT2D eigenvalue weighted by Crippen LogP contribution is -2.44. The van der Waals surface area contributed by atoms with Crippen LogP contribution in [0.1, 0.15) is 16.0 Å². The minimum atomic E-state index is -1.49. The van der Waals surface area contributed by atoms with Crippen LogP contribution in [0, 0.1) is 17.0 Å². The van der Waals surface area contributed by atoms with Gasteiger partial charge < -0.3 is 15.7 Å². The van der Waals surface area contributed by atoms with Gasteiger partial charge in [-0.3, -0.25) is 19.7 Å². The van der Waals surface area contributed by atoms with Crippen molar-refractivity contribution in [2.45, 2.75) is 12.5 Å². The van der Waals surface area contributed by atoms with Crippen LogP contribution < -0.4 is 10.6 Å². The summed E-state index contributed by atoms with van der Waals surface area (Å²) < 4.78 is 0. The standard InChI is InChI=1S/C19H17N3O5S2/c1-12-4-5-14(15(9-12)22(26)27)21-18(24)17(23)20-11-19(25,13-6-8-28-10-13)16-3-2-7-29-16/h2-10,25H,11H2,1H3,(H,20,23)(H,21,24). The van der Waals surface area contributed by atoms with Crippen molar-refractivity contribution in [3.05, 3.63) is 78.7 Å². The quantitative estimate of drug-likeness (QED) is 0.315. The Labute approximate surface area is 174 Å². The SMILES string of the molecule is Cc1ccc(NC(=O)C(=O)NCC(O)(c2ccsc2)c2cccs2)c([N+](=O)[O-])c1. The van der Waals surface area contributed by atoms with Crippen LogP contribution in [0.15, 0.2) is 52.5 Å². The zero-order valence-corrected chi connectivity index (χ0v) is 16.9. The third kappa shape index (κ3) is 4.50. The molecule has 1 unspecified atom stereocenters. The van der Waals surface area contributed by atoms with Crippen LogP contribution in [0.4, 0.5) is 11.4 Å². The van der Waals surface area contributed by atoms with Crippen LogP contribution in [0.5, 0.6) is 0 Å². The maximum Gasteiger partial charge on any atom is 0.313 e. The van der Waals surface area contributed by atoms with E-state index in [1.807, 2.05) is 0 Å². The van der Waals surface area contributed by atoms with Crippen molar-refractivity contribution >= 4 is 45.9 Å². The van der Waals surface area contributed by atoms with Gasteiger partial charge in [-0.1, -0.05) is 12.1 Å². The van der Waals surface area contributed by atoms with Crippen LogP contribution in [0.25, 0.3) is 0 Å². The van der Waals surface area contributed by atoms with Crippen LogP contribution in [0.3, 0.4) is 0 Å². The number of thiophene rings is 2. The molecular weight excluding hydrogens is 414 g/mol. The first-order valence-electron chi connectivity index (χ1n) is 8.44. The van der Waals surface area contributed by atoms with E-state index < -0.39 is 22.3 Å². The van der Waals surface area contributed by atoms with Crippen molar-refractivity contribution in [2.24, 2.45) is 0 Å². The average molecular weight is 431 g/mol. The van der Waals surface area contributed by atoms with Gasteiger partial charge in [-0.25, -0.2) is 0 Å². The smallest absolute Gasteiger partial charge is 0.313 e. The highest BCUT2D eigenvalue weighted by Gasteiger charge is 2.34. The number of nitro benzene ring substituents is 1. The number of nitro groups is 1. The summed E-state index contributed by atoms with van der Waals surface area (Å²) in [6.07, 6.45) is 0. The summed E-state index contributed by atoms with van der Waals surface area (Å²) in [7, 11) is 0. The molecule has 29 heavy (non-hydrogen) atoms. The highest BCUT2D eigenvalue weighted by molar-refractivity contribution is 7.10. The van der Waals surface area contributed by atoms with Crippen molar-refractivity contribution in [2.75, 3.05) is 11.9 Å². The molecular formula is C19H17N3O5S2. The van der Waals surface area contributed by atoms with Gasteiger partial charge in [-0.05, 0) is 46.8 Å². The summed E-state index contributed by atoms with van der Waals surface area (Å²) in [6.45, 7) is 1.45. The Morgan fingerprint density at radius 2 is 2.00 bits per heavy atom. The molecule has 1 atom stereocenters. The number of carbonyl (C=O) groups excluding carboxylic acids is 2. The molecule has 0 saturated heterocycles. The monoisotopic (exact) mass is 431 g/mol. The maximum atomic E-state index is 12.3. The third-order valence-electron chi connectivity index (χ3n) is 4.24. The number of nitrogens with one attached hydrogen (secondary N) is 2. The first kappa shape index (κ1) is 20.6. The molecule has 150 valence electrons. The fraction of sp³-hybridized carbons (Fsp3) is 0.158. The lowest BCUT2D eigenvalue weighted by Gasteiger charge is -2.26. The fourth-order valence-electron chi connectivity index (χ4n) is 2.71. The molecule has 2 amide bonds. The summed E-state index contributed by atoms with van der Waals surface area (Å²) in [4.78, 5) is 35.7. The number of aliphatic hydroxyl groups is 1. The van der Waals surface area contributed by atoms with E-state index in [9.17, 15) is 24.8 Å². The number of benzene rings is 1. The Balaban J connectivity index is 1.73. The fourth-order valence-corrected chi connectivity index (χ4v) is 4.28. The molecule has 2 heterocycles. The van der Waals surface area contributed by atoms with Crippen molar-refractivity contribution in [3.8, 4) is 0 Å². The van der Waals surface area contributed by atoms with Crippen LogP contribution in [-0.2, 0) is 15.2 Å². The zero-order valence-electron chi connectivity index (χ0n) is 15.2. The van der Waals surface area contributed by atoms with Gasteiger partial charge in [0.05, 0.1) is 11.5 Å². The van der Waals surface area contributed by atoms with Gasteiger partial charge in [0.1, 0.15) is 11.3 Å². The molecule has 8 nitrogen and oxygen atoms in total. The summed E-state index contributed by atoms with van der Waals surface area (Å²) in [5.74, 6) is -2.07. The summed E-state index contributed by atoms with van der Waals surface area (Å²) in [6, 6.07) is 9.52. The molecule has 0 radical (unpaired) electrons. The summed E-state index contributed by atoms with van der Waals surface area (Å²) in [5.41, 5.74) is -0.623. The largest absolute Gasteiger partial charge is 0.378 e. The number of nitrogens with zero attached hydrogens (tertiary/aromatic N) is 1. The van der Waals surface area contributed by atoms with Gasteiger partial charge in [0.25, 0.3) is 5.69 Å². The molecule has 2 aromatic heterocycles. The first-order chi connectivity index (χ1) is 13.8. The van der Waals surface area contributed by atoms with Crippen molar-refractivity contribution in [3.63, 3.8) is 0 Å². The second-order valence-corrected chi connectivity index (χ2v) is 7.99. The zero-order chi connectivity index (χ0) is 21.0. The average Bonchev–Trinajstić information content (AvgIpc) is 3.41. The van der Waals surface area contributed by atoms with Crippen LogP contribution in [0.2, 0.25) is 0 Å². The molecule has 0 aliphatic rings. The number of hydrogen-bond acceptors (Lipinski definition) is 7. The predicted octanol–water partition coefficient (Wildman–Crippen LogP) is 3.02. The van der Waals surface area contributed by atoms with Gasteiger partial charge >= 0.3 is 11.8 Å². The topological polar surface area (TPSA) is 122 Å². The maximum absolute atomic E-state index is 12.3. The van der Waals surface area contributed by atoms with Gasteiger partial charge in [0, 0.05) is 16.5 Å². The van der Waals surface area contributed by atoms with Gasteiger partial charge in [-0.15, -0.1) is 11.3 Å². The van der Waals surface area contributed by atoms with Gasteiger partial charge in [-0.2, -0.15) is 11.3 Å². The van der Waals surface area contributed by atoms with E-state index in [0.717, 1.165) is 0 Å². The second-order valence-electron chi connectivity index (χ2n) is 6.26. The van der Waals surface area contributed by atoms with Crippen molar-refractivity contribution in [1.29, 1.82) is 0 Å². The van der Waals surface area contributed by atoms with E-state index in [4.69, 9.17) is 0 Å². The first-order valence-corrected chi connectivity index (χ1v) is 10.3. The van der Waals surface area contributed by atoms with Gasteiger partial charge in [0.2, 0.25) is 0 Å². The second kappa shape index (κ2) is 8.52. The molecule has 3 aromatic rings. The Bertz CT molecular complexity index is 998. The number of anilines is 1. The van der Waals surface area contributed by atoms with E-state index in [1.54, 1.807) is 47.3 Å². The van der Waals surface area contributed by atoms with E-state index in [-0.39, 0.29) is 17.9 Å². The van der Waals surface area contributed by atoms with Crippen molar-refractivity contribution < 1.29 is 19.6 Å². The normalized spacial score (nSPS) is 12.8. The summed E-state index contributed by atoms with van der Waals surface area (Å²) >= 11 is 2.73. The Hall–Kier alpha value is -3.08. The molecule has 0 spiro atoms. The minimum Gasteiger partial charge on any atom is -0.378 e. The number of hydrogen-bond donors (Lipinski definition) is 3. The third-order valence-corrected chi connectivity index (χ3v) is 5.94.